The number of carbonyl (C=O) groups is 1. The molecule has 0 atom stereocenters. The zero-order valence-electron chi connectivity index (χ0n) is 23.1. The van der Waals surface area contributed by atoms with E-state index < -0.39 is 20.1 Å². The van der Waals surface area contributed by atoms with Crippen LogP contribution in [-0.2, 0) is 4.79 Å². The Kier molecular flexibility index (Phi) is 8.02. The average molecular weight is 583 g/mol. The van der Waals surface area contributed by atoms with E-state index in [9.17, 15) is 9.90 Å². The average Bonchev–Trinajstić information content (AvgIpc) is 3.07. The van der Waals surface area contributed by atoms with Crippen molar-refractivity contribution in [2.24, 2.45) is 0 Å². The molecule has 2 nitrogen and oxygen atoms in total. The van der Waals surface area contributed by atoms with Crippen molar-refractivity contribution in [3.8, 4) is 0 Å². The fraction of sp³-hybridized carbons (Fsp3) is 0. The Bertz CT molecular complexity index is 1620. The molecule has 0 fully saturated rings. The molecule has 0 aromatic heterocycles. The predicted octanol–water partition coefficient (Wildman–Crippen LogP) is 5.92. The van der Waals surface area contributed by atoms with Crippen LogP contribution in [0.15, 0.2) is 182 Å². The van der Waals surface area contributed by atoms with E-state index in [0.717, 1.165) is 31.8 Å². The second-order valence-corrected chi connectivity index (χ2v) is 17.7. The van der Waals surface area contributed by atoms with Crippen LogP contribution >= 0.6 is 14.1 Å². The maximum atomic E-state index is 14.5. The van der Waals surface area contributed by atoms with Gasteiger partial charge in [-0.05, 0) is 0 Å². The van der Waals surface area contributed by atoms with Crippen LogP contribution < -0.4 is 31.8 Å². The molecular formula is C38H32O2P2. The van der Waals surface area contributed by atoms with Gasteiger partial charge >= 0.3 is 249 Å². The molecule has 6 rings (SSSR count). The van der Waals surface area contributed by atoms with Crippen molar-refractivity contribution in [2.45, 2.75) is 0 Å². The predicted molar refractivity (Wildman–Crippen MR) is 184 cm³/mol. The molecule has 0 saturated heterocycles. The van der Waals surface area contributed by atoms with Gasteiger partial charge in [0, 0.05) is 0 Å². The molecule has 0 saturated carbocycles. The summed E-state index contributed by atoms with van der Waals surface area (Å²) in [5.74, 6) is -0.858. The third-order valence-corrected chi connectivity index (χ3v) is 18.6. The van der Waals surface area contributed by atoms with Crippen molar-refractivity contribution < 1.29 is 9.90 Å². The Morgan fingerprint density at radius 2 is 0.643 bits per heavy atom. The van der Waals surface area contributed by atoms with Gasteiger partial charge in [0.15, 0.2) is 0 Å². The molecular weight excluding hydrogens is 550 g/mol. The van der Waals surface area contributed by atoms with E-state index in [4.69, 9.17) is 0 Å². The summed E-state index contributed by atoms with van der Waals surface area (Å²) in [7, 11) is -3.43. The van der Waals surface area contributed by atoms with E-state index in [0.29, 0.717) is 5.03 Å². The third-order valence-electron chi connectivity index (χ3n) is 7.94. The topological polar surface area (TPSA) is 37.3 Å². The van der Waals surface area contributed by atoms with Gasteiger partial charge in [0.2, 0.25) is 0 Å². The summed E-state index contributed by atoms with van der Waals surface area (Å²) in [6, 6.07) is 62.0. The molecule has 0 heterocycles. The molecule has 0 amide bonds. The monoisotopic (exact) mass is 582 g/mol. The molecule has 0 aliphatic carbocycles. The Morgan fingerprint density at radius 3 is 0.881 bits per heavy atom. The Morgan fingerprint density at radius 1 is 0.405 bits per heavy atom. The van der Waals surface area contributed by atoms with E-state index in [1.165, 1.54) is 0 Å². The van der Waals surface area contributed by atoms with Crippen LogP contribution in [0.3, 0.4) is 0 Å². The summed E-state index contributed by atoms with van der Waals surface area (Å²) in [5.41, 5.74) is 0. The first kappa shape index (κ1) is 27.7. The number of rotatable bonds is 8. The second-order valence-electron chi connectivity index (χ2n) is 10.2. The molecule has 6 aromatic carbocycles. The first-order valence-corrected chi connectivity index (χ1v) is 17.8. The molecule has 206 valence electrons. The molecule has 0 radical (unpaired) electrons. The van der Waals surface area contributed by atoms with Gasteiger partial charge in [-0.25, -0.2) is 0 Å². The van der Waals surface area contributed by atoms with Gasteiger partial charge in [0.1, 0.15) is 0 Å². The van der Waals surface area contributed by atoms with Gasteiger partial charge in [-0.1, -0.05) is 0 Å². The number of hydrogen-bond acceptors (Lipinski definition) is 1. The summed E-state index contributed by atoms with van der Waals surface area (Å²) in [6.45, 7) is -2.96. The zero-order valence-corrected chi connectivity index (χ0v) is 25.0. The SMILES string of the molecule is O=C(O)C(=P(c1ccccc1)(c1ccccc1)c1ccccc1)[PH](c1ccccc1)(c1ccccc1)c1ccccc1. The van der Waals surface area contributed by atoms with Gasteiger partial charge in [-0.15, -0.1) is 0 Å². The van der Waals surface area contributed by atoms with Crippen LogP contribution in [-0.4, -0.2) is 16.1 Å². The molecule has 1 N–H and O–H groups in total. The van der Waals surface area contributed by atoms with Gasteiger partial charge < -0.3 is 0 Å². The van der Waals surface area contributed by atoms with E-state index in [1.54, 1.807) is 0 Å². The van der Waals surface area contributed by atoms with Crippen molar-refractivity contribution in [3.05, 3.63) is 182 Å². The molecule has 0 aliphatic heterocycles. The van der Waals surface area contributed by atoms with Gasteiger partial charge in [0.05, 0.1) is 0 Å². The van der Waals surface area contributed by atoms with E-state index in [-0.39, 0.29) is 0 Å². The van der Waals surface area contributed by atoms with Crippen LogP contribution in [0.2, 0.25) is 0 Å². The van der Waals surface area contributed by atoms with Crippen LogP contribution in [0.25, 0.3) is 0 Å². The summed E-state index contributed by atoms with van der Waals surface area (Å²) >= 11 is 0. The van der Waals surface area contributed by atoms with Crippen molar-refractivity contribution in [2.75, 3.05) is 0 Å². The van der Waals surface area contributed by atoms with Crippen LogP contribution in [0.4, 0.5) is 0 Å². The Balaban J connectivity index is 2.01. The summed E-state index contributed by atoms with van der Waals surface area (Å²) in [5, 5.41) is 18.6. The number of benzene rings is 6. The fourth-order valence-corrected chi connectivity index (χ4v) is 18.7. The van der Waals surface area contributed by atoms with E-state index >= 15 is 0 Å². The van der Waals surface area contributed by atoms with Crippen LogP contribution in [0.1, 0.15) is 0 Å². The maximum absolute atomic E-state index is 14.5. The molecule has 0 bridgehead atoms. The molecule has 42 heavy (non-hydrogen) atoms. The van der Waals surface area contributed by atoms with Crippen molar-refractivity contribution in [3.63, 3.8) is 0 Å². The van der Waals surface area contributed by atoms with Gasteiger partial charge in [0.25, 0.3) is 0 Å². The summed E-state index contributed by atoms with van der Waals surface area (Å²) in [6.07, 6.45) is 0. The quantitative estimate of drug-likeness (QED) is 0.226. The molecule has 0 aliphatic rings. The fourth-order valence-electron chi connectivity index (χ4n) is 6.32. The first-order chi connectivity index (χ1) is 20.7. The first-order valence-electron chi connectivity index (χ1n) is 14.0. The normalized spacial score (nSPS) is 11.9. The Hall–Kier alpha value is -4.48. The minimum absolute atomic E-state index is 0.585. The number of hydrogen-bond donors (Lipinski definition) is 1. The van der Waals surface area contributed by atoms with E-state index in [1.807, 2.05) is 109 Å². The second kappa shape index (κ2) is 12.2. The number of carboxylic acids is 1. The molecule has 0 unspecified atom stereocenters. The number of aliphatic carboxylic acids is 1. The summed E-state index contributed by atoms with van der Waals surface area (Å²) in [4.78, 5) is 14.5. The zero-order chi connectivity index (χ0) is 28.8. The molecule has 0 spiro atoms. The van der Waals surface area contributed by atoms with Gasteiger partial charge in [-0.3, -0.25) is 0 Å². The van der Waals surface area contributed by atoms with Crippen LogP contribution in [0.5, 0.6) is 0 Å². The van der Waals surface area contributed by atoms with Crippen LogP contribution in [0, 0.1) is 0 Å². The number of carboxylic acid groups (broad SMARTS) is 1. The standard InChI is InChI=1S/C38H32O2P2/c39-37(40)38(41(31-19-7-1-8-20-31,32-21-9-2-10-22-32)33-23-11-3-12-24-33)42(34-25-13-4-14-26-34,35-27-15-5-16-28-35)36-29-17-6-18-30-36/h1-30,41H,(H,39,40). The molecule has 6 aromatic rings. The van der Waals surface area contributed by atoms with Crippen molar-refractivity contribution in [1.82, 2.24) is 0 Å². The van der Waals surface area contributed by atoms with Crippen molar-refractivity contribution in [1.29, 1.82) is 0 Å². The minimum atomic E-state index is -3.43. The summed E-state index contributed by atoms with van der Waals surface area (Å²) < 4.78 is 0. The Labute approximate surface area is 248 Å². The van der Waals surface area contributed by atoms with Gasteiger partial charge in [-0.2, -0.15) is 0 Å². The van der Waals surface area contributed by atoms with Crippen molar-refractivity contribution >= 4 is 57.0 Å². The van der Waals surface area contributed by atoms with E-state index in [2.05, 4.69) is 72.8 Å². The molecule has 4 heteroatoms. The third kappa shape index (κ3) is 4.64.